The second kappa shape index (κ2) is 10.9. The van der Waals surface area contributed by atoms with Gasteiger partial charge >= 0.3 is 0 Å². The minimum absolute atomic E-state index is 0.162. The quantitative estimate of drug-likeness (QED) is 0.180. The molecular weight excluding hydrogens is 572 g/mol. The van der Waals surface area contributed by atoms with E-state index < -0.39 is 11.2 Å². The monoisotopic (exact) mass is 602 g/mol. The van der Waals surface area contributed by atoms with Crippen molar-refractivity contribution in [2.75, 3.05) is 0 Å². The highest BCUT2D eigenvalue weighted by Gasteiger charge is 2.41. The van der Waals surface area contributed by atoms with E-state index >= 15 is 0 Å². The molecule has 27 heavy (non-hydrogen) atoms. The molecule has 152 valence electrons. The lowest BCUT2D eigenvalue weighted by Crippen LogP contribution is -2.44. The van der Waals surface area contributed by atoms with Gasteiger partial charge < -0.3 is 4.74 Å². The summed E-state index contributed by atoms with van der Waals surface area (Å²) < 4.78 is 36.1. The topological polar surface area (TPSA) is 9.23 Å². The van der Waals surface area contributed by atoms with Gasteiger partial charge in [0.05, 0.1) is 11.2 Å². The summed E-state index contributed by atoms with van der Waals surface area (Å²) in [5.41, 5.74) is -1.02. The number of hydrogen-bond acceptors (Lipinski definition) is 1. The molecule has 0 heterocycles. The van der Waals surface area contributed by atoms with Gasteiger partial charge in [-0.05, 0) is 82.3 Å². The van der Waals surface area contributed by atoms with Crippen molar-refractivity contribution in [3.8, 4) is 0 Å². The minimum Gasteiger partial charge on any atom is -0.360 e. The van der Waals surface area contributed by atoms with E-state index in [1.807, 2.05) is 12.2 Å². The van der Waals surface area contributed by atoms with E-state index in [0.29, 0.717) is 20.0 Å². The first kappa shape index (κ1) is 23.5. The van der Waals surface area contributed by atoms with E-state index in [1.165, 1.54) is 0 Å². The zero-order valence-electron chi connectivity index (χ0n) is 16.3. The number of rotatable bonds is 10. The molecule has 0 aromatic rings. The molecule has 0 radical (unpaired) electrons. The summed E-state index contributed by atoms with van der Waals surface area (Å²) in [6, 6.07) is 0. The predicted molar refractivity (Wildman–Crippen MR) is 127 cm³/mol. The van der Waals surface area contributed by atoms with Gasteiger partial charge in [-0.2, -0.15) is 0 Å². The molecule has 0 aromatic carbocycles. The van der Waals surface area contributed by atoms with Crippen LogP contribution in [0.2, 0.25) is 0 Å². The summed E-state index contributed by atoms with van der Waals surface area (Å²) in [5, 5.41) is 0. The Balaban J connectivity index is 2.30. The lowest BCUT2D eigenvalue weighted by Gasteiger charge is -2.43. The highest BCUT2D eigenvalue weighted by atomic mass is 127. The lowest BCUT2D eigenvalue weighted by atomic mass is 9.84. The molecule has 0 bridgehead atoms. The molecule has 0 amide bonds. The van der Waals surface area contributed by atoms with Gasteiger partial charge in [0, 0.05) is 20.0 Å². The van der Waals surface area contributed by atoms with Crippen molar-refractivity contribution in [3.05, 3.63) is 43.1 Å². The smallest absolute Gasteiger partial charge is 0.132 e. The van der Waals surface area contributed by atoms with Crippen molar-refractivity contribution in [1.82, 2.24) is 0 Å². The van der Waals surface area contributed by atoms with Crippen molar-refractivity contribution in [2.45, 2.75) is 89.3 Å². The Morgan fingerprint density at radius 3 is 1.56 bits per heavy atom. The lowest BCUT2D eigenvalue weighted by molar-refractivity contribution is -0.116. The van der Waals surface area contributed by atoms with Crippen LogP contribution < -0.4 is 0 Å². The summed E-state index contributed by atoms with van der Waals surface area (Å²) in [6.07, 6.45) is 16.7. The van der Waals surface area contributed by atoms with E-state index in [1.54, 1.807) is 12.2 Å². The fraction of sp³-hybridized carbons (Fsp3) is 0.636. The minimum atomic E-state index is -0.511. The standard InChI is InChI=1S/C22H30F2I2O/c1-3-5-7-11-21(13-9-17(23)19(25)15-21)27-22(12-8-6-4-2)14-10-18(24)20(26)16-22/h9-10,15-16H,3-8,11-14H2,1-2H3. The van der Waals surface area contributed by atoms with Gasteiger partial charge in [0.1, 0.15) is 11.7 Å². The highest BCUT2D eigenvalue weighted by molar-refractivity contribution is 14.1. The van der Waals surface area contributed by atoms with E-state index in [4.69, 9.17) is 4.74 Å². The molecule has 0 spiro atoms. The second-order valence-electron chi connectivity index (χ2n) is 7.64. The van der Waals surface area contributed by atoms with Crippen LogP contribution in [0.25, 0.3) is 0 Å². The first-order valence-electron chi connectivity index (χ1n) is 10.0. The number of ether oxygens (including phenoxy) is 1. The van der Waals surface area contributed by atoms with Gasteiger partial charge in [-0.25, -0.2) is 8.78 Å². The molecule has 0 fully saturated rings. The number of allylic oxidation sites excluding steroid dienone is 4. The van der Waals surface area contributed by atoms with Crippen LogP contribution in [0.15, 0.2) is 43.1 Å². The van der Waals surface area contributed by atoms with Crippen LogP contribution in [0, 0.1) is 0 Å². The Morgan fingerprint density at radius 2 is 1.22 bits per heavy atom. The largest absolute Gasteiger partial charge is 0.360 e. The Labute approximate surface area is 190 Å². The van der Waals surface area contributed by atoms with Gasteiger partial charge in [-0.1, -0.05) is 52.4 Å². The van der Waals surface area contributed by atoms with Gasteiger partial charge in [-0.3, -0.25) is 0 Å². The average molecular weight is 602 g/mol. The Morgan fingerprint density at radius 1 is 0.815 bits per heavy atom. The van der Waals surface area contributed by atoms with E-state index in [0.717, 1.165) is 51.4 Å². The van der Waals surface area contributed by atoms with Gasteiger partial charge in [-0.15, -0.1) is 0 Å². The van der Waals surface area contributed by atoms with Crippen LogP contribution in [-0.4, -0.2) is 11.2 Å². The van der Waals surface area contributed by atoms with E-state index in [-0.39, 0.29) is 11.7 Å². The Bertz CT molecular complexity index is 584. The third-order valence-corrected chi connectivity index (χ3v) is 6.96. The van der Waals surface area contributed by atoms with Crippen molar-refractivity contribution in [3.63, 3.8) is 0 Å². The average Bonchev–Trinajstić information content (AvgIpc) is 2.63. The Kier molecular flexibility index (Phi) is 9.46. The molecule has 0 aromatic heterocycles. The van der Waals surface area contributed by atoms with Crippen LogP contribution >= 0.6 is 45.2 Å². The molecule has 2 aliphatic rings. The van der Waals surface area contributed by atoms with Crippen molar-refractivity contribution in [2.24, 2.45) is 0 Å². The Hall–Kier alpha value is 0.240. The summed E-state index contributed by atoms with van der Waals surface area (Å²) >= 11 is 4.12. The van der Waals surface area contributed by atoms with Gasteiger partial charge in [0.2, 0.25) is 0 Å². The van der Waals surface area contributed by atoms with E-state index in [2.05, 4.69) is 59.0 Å². The van der Waals surface area contributed by atoms with Crippen molar-refractivity contribution < 1.29 is 13.5 Å². The fourth-order valence-corrected chi connectivity index (χ4v) is 5.36. The maximum absolute atomic E-state index is 14.0. The van der Waals surface area contributed by atoms with Crippen LogP contribution in [-0.2, 0) is 4.74 Å². The molecule has 0 N–H and O–H groups in total. The molecule has 2 unspecified atom stereocenters. The molecule has 2 rings (SSSR count). The molecule has 2 aliphatic carbocycles. The molecule has 0 saturated carbocycles. The number of hydrogen-bond donors (Lipinski definition) is 0. The van der Waals surface area contributed by atoms with Crippen LogP contribution in [0.1, 0.15) is 78.1 Å². The van der Waals surface area contributed by atoms with Crippen LogP contribution in [0.3, 0.4) is 0 Å². The summed E-state index contributed by atoms with van der Waals surface area (Å²) in [6.45, 7) is 4.36. The van der Waals surface area contributed by atoms with Crippen molar-refractivity contribution >= 4 is 45.2 Å². The highest BCUT2D eigenvalue weighted by Crippen LogP contribution is 2.45. The van der Waals surface area contributed by atoms with Crippen LogP contribution in [0.5, 0.6) is 0 Å². The van der Waals surface area contributed by atoms with Gasteiger partial charge in [0.25, 0.3) is 0 Å². The first-order valence-corrected chi connectivity index (χ1v) is 12.2. The number of unbranched alkanes of at least 4 members (excludes halogenated alkanes) is 4. The first-order chi connectivity index (χ1) is 12.9. The summed E-state index contributed by atoms with van der Waals surface area (Å²) in [5.74, 6) is -0.324. The maximum Gasteiger partial charge on any atom is 0.132 e. The number of halogens is 4. The predicted octanol–water partition coefficient (Wildman–Crippen LogP) is 8.79. The maximum atomic E-state index is 14.0. The third kappa shape index (κ3) is 6.63. The third-order valence-electron chi connectivity index (χ3n) is 5.30. The second-order valence-corrected chi connectivity index (χ2v) is 9.97. The molecule has 5 heteroatoms. The molecule has 0 saturated heterocycles. The summed E-state index contributed by atoms with van der Waals surface area (Å²) in [7, 11) is 0. The molecular formula is C22H30F2I2O. The normalized spacial score (nSPS) is 28.4. The van der Waals surface area contributed by atoms with Gasteiger partial charge in [0.15, 0.2) is 0 Å². The SMILES string of the molecule is CCCCCC1(OC2(CCCCC)C=C(I)C(F)=CC2)C=C(I)C(F)=CC1. The van der Waals surface area contributed by atoms with E-state index in [9.17, 15) is 8.78 Å². The molecule has 2 atom stereocenters. The molecule has 1 nitrogen and oxygen atoms in total. The van der Waals surface area contributed by atoms with Crippen molar-refractivity contribution in [1.29, 1.82) is 0 Å². The fourth-order valence-electron chi connectivity index (χ4n) is 3.78. The zero-order chi connectivity index (χ0) is 19.9. The summed E-state index contributed by atoms with van der Waals surface area (Å²) in [4.78, 5) is 0. The van der Waals surface area contributed by atoms with Crippen LogP contribution in [0.4, 0.5) is 8.78 Å². The zero-order valence-corrected chi connectivity index (χ0v) is 20.6. The molecule has 0 aliphatic heterocycles.